The molecule has 0 saturated heterocycles. The molecule has 2 aliphatic rings. The maximum Gasteiger partial charge on any atom is 0.172 e. The second kappa shape index (κ2) is 5.64. The lowest BCUT2D eigenvalue weighted by Crippen LogP contribution is -2.20. The minimum Gasteiger partial charge on any atom is -0.486 e. The van der Waals surface area contributed by atoms with Crippen LogP contribution in [-0.4, -0.2) is 19.0 Å². The quantitative estimate of drug-likeness (QED) is 0.602. The summed E-state index contributed by atoms with van der Waals surface area (Å²) in [5.74, 6) is 1.78. The third-order valence-corrected chi connectivity index (χ3v) is 4.06. The highest BCUT2D eigenvalue weighted by Crippen LogP contribution is 2.36. The molecule has 0 bridgehead atoms. The predicted octanol–water partition coefficient (Wildman–Crippen LogP) is 3.61. The molecule has 0 N–H and O–H groups in total. The molecular weight excluding hydrogens is 240 g/mol. The Balaban J connectivity index is 1.86. The van der Waals surface area contributed by atoms with E-state index in [1.165, 1.54) is 25.7 Å². The van der Waals surface area contributed by atoms with Crippen LogP contribution in [0.15, 0.2) is 18.2 Å². The molecule has 1 aromatic carbocycles. The van der Waals surface area contributed by atoms with Crippen molar-refractivity contribution in [3.05, 3.63) is 23.8 Å². The van der Waals surface area contributed by atoms with Crippen molar-refractivity contribution in [1.29, 1.82) is 0 Å². The van der Waals surface area contributed by atoms with Crippen LogP contribution in [0.4, 0.5) is 0 Å². The first-order valence-electron chi connectivity index (χ1n) is 7.29. The lowest BCUT2D eigenvalue weighted by atomic mass is 9.90. The fourth-order valence-corrected chi connectivity index (χ4v) is 3.03. The lowest BCUT2D eigenvalue weighted by Gasteiger charge is -2.22. The molecule has 0 aromatic heterocycles. The van der Waals surface area contributed by atoms with E-state index < -0.39 is 0 Å². The fraction of sp³-hybridized carbons (Fsp3) is 0.562. The molecule has 1 fully saturated rings. The number of fused-ring (bicyclic) bond motifs is 1. The molecule has 1 aliphatic heterocycles. The largest absolute Gasteiger partial charge is 0.486 e. The zero-order valence-corrected chi connectivity index (χ0v) is 11.2. The van der Waals surface area contributed by atoms with Crippen LogP contribution >= 0.6 is 0 Å². The van der Waals surface area contributed by atoms with Crippen molar-refractivity contribution in [2.24, 2.45) is 5.92 Å². The molecule has 3 heteroatoms. The van der Waals surface area contributed by atoms with Gasteiger partial charge in [0.1, 0.15) is 13.2 Å². The standard InChI is InChI=1S/C16H20O3/c17-15(12-6-3-1-2-4-7-12)13-8-5-9-14-16(13)19-11-10-18-14/h5,8-9,12H,1-4,6-7,10-11H2. The Bertz CT molecular complexity index is 459. The number of ketones is 1. The average molecular weight is 260 g/mol. The second-order valence-corrected chi connectivity index (χ2v) is 5.38. The van der Waals surface area contributed by atoms with Crippen molar-refractivity contribution in [2.45, 2.75) is 38.5 Å². The molecule has 0 unspecified atom stereocenters. The van der Waals surface area contributed by atoms with Gasteiger partial charge in [0.15, 0.2) is 17.3 Å². The van der Waals surface area contributed by atoms with Crippen LogP contribution in [0.2, 0.25) is 0 Å². The third-order valence-electron chi connectivity index (χ3n) is 4.06. The fourth-order valence-electron chi connectivity index (χ4n) is 3.03. The van der Waals surface area contributed by atoms with Gasteiger partial charge in [-0.1, -0.05) is 31.7 Å². The monoisotopic (exact) mass is 260 g/mol. The zero-order chi connectivity index (χ0) is 13.1. The average Bonchev–Trinajstić information content (AvgIpc) is 2.75. The molecule has 1 heterocycles. The van der Waals surface area contributed by atoms with Gasteiger partial charge in [-0.25, -0.2) is 0 Å². The van der Waals surface area contributed by atoms with Crippen molar-refractivity contribution in [1.82, 2.24) is 0 Å². The summed E-state index contributed by atoms with van der Waals surface area (Å²) in [6.45, 7) is 1.09. The first-order chi connectivity index (χ1) is 9.36. The summed E-state index contributed by atoms with van der Waals surface area (Å²) >= 11 is 0. The molecule has 0 radical (unpaired) electrons. The summed E-state index contributed by atoms with van der Waals surface area (Å²) in [5.41, 5.74) is 0.712. The van der Waals surface area contributed by atoms with Crippen LogP contribution in [0.1, 0.15) is 48.9 Å². The van der Waals surface area contributed by atoms with Gasteiger partial charge in [-0.05, 0) is 25.0 Å². The number of carbonyl (C=O) groups is 1. The molecule has 3 nitrogen and oxygen atoms in total. The number of para-hydroxylation sites is 1. The Morgan fingerprint density at radius 3 is 2.53 bits per heavy atom. The predicted molar refractivity (Wildman–Crippen MR) is 73.0 cm³/mol. The number of hydrogen-bond acceptors (Lipinski definition) is 3. The Morgan fingerprint density at radius 1 is 1.00 bits per heavy atom. The SMILES string of the molecule is O=C(c1cccc2c1OCCO2)C1CCCCCC1. The molecule has 1 aromatic rings. The van der Waals surface area contributed by atoms with E-state index in [9.17, 15) is 4.79 Å². The molecule has 0 atom stereocenters. The van der Waals surface area contributed by atoms with Crippen molar-refractivity contribution in [2.75, 3.05) is 13.2 Å². The van der Waals surface area contributed by atoms with E-state index in [4.69, 9.17) is 9.47 Å². The van der Waals surface area contributed by atoms with Gasteiger partial charge in [-0.15, -0.1) is 0 Å². The van der Waals surface area contributed by atoms with E-state index in [1.54, 1.807) is 0 Å². The Hall–Kier alpha value is -1.51. The van der Waals surface area contributed by atoms with Gasteiger partial charge in [0.2, 0.25) is 0 Å². The van der Waals surface area contributed by atoms with Gasteiger partial charge in [0.05, 0.1) is 5.56 Å². The van der Waals surface area contributed by atoms with Gasteiger partial charge < -0.3 is 9.47 Å². The Morgan fingerprint density at radius 2 is 1.74 bits per heavy atom. The molecule has 19 heavy (non-hydrogen) atoms. The zero-order valence-electron chi connectivity index (χ0n) is 11.2. The van der Waals surface area contributed by atoms with Gasteiger partial charge in [0, 0.05) is 5.92 Å². The Labute approximate surface area is 113 Å². The molecule has 0 spiro atoms. The maximum absolute atomic E-state index is 12.7. The molecule has 0 amide bonds. The molecule has 102 valence electrons. The number of carbonyl (C=O) groups excluding carboxylic acids is 1. The first kappa shape index (κ1) is 12.5. The summed E-state index contributed by atoms with van der Waals surface area (Å²) in [6, 6.07) is 5.64. The lowest BCUT2D eigenvalue weighted by molar-refractivity contribution is 0.0897. The summed E-state index contributed by atoms with van der Waals surface area (Å²) in [4.78, 5) is 12.7. The molecule has 1 saturated carbocycles. The van der Waals surface area contributed by atoms with Gasteiger partial charge in [-0.3, -0.25) is 4.79 Å². The smallest absolute Gasteiger partial charge is 0.172 e. The van der Waals surface area contributed by atoms with Crippen molar-refractivity contribution >= 4 is 5.78 Å². The molecule has 3 rings (SSSR count). The number of rotatable bonds is 2. The molecular formula is C16H20O3. The Kier molecular flexibility index (Phi) is 3.72. The molecule has 1 aliphatic carbocycles. The van der Waals surface area contributed by atoms with E-state index in [2.05, 4.69) is 0 Å². The highest BCUT2D eigenvalue weighted by atomic mass is 16.6. The van der Waals surface area contributed by atoms with Crippen molar-refractivity contribution in [3.8, 4) is 11.5 Å². The van der Waals surface area contributed by atoms with Crippen LogP contribution in [0.3, 0.4) is 0 Å². The summed E-state index contributed by atoms with van der Waals surface area (Å²) in [5, 5.41) is 0. The van der Waals surface area contributed by atoms with Crippen LogP contribution in [0, 0.1) is 5.92 Å². The van der Waals surface area contributed by atoms with Crippen molar-refractivity contribution in [3.63, 3.8) is 0 Å². The first-order valence-corrected chi connectivity index (χ1v) is 7.29. The maximum atomic E-state index is 12.7. The topological polar surface area (TPSA) is 35.5 Å². The number of benzene rings is 1. The number of ether oxygens (including phenoxy) is 2. The minimum absolute atomic E-state index is 0.166. The van der Waals surface area contributed by atoms with E-state index >= 15 is 0 Å². The summed E-state index contributed by atoms with van der Waals surface area (Å²) in [7, 11) is 0. The van der Waals surface area contributed by atoms with E-state index in [0.29, 0.717) is 30.3 Å². The van der Waals surface area contributed by atoms with Crippen LogP contribution in [0.5, 0.6) is 11.5 Å². The van der Waals surface area contributed by atoms with E-state index in [1.807, 2.05) is 18.2 Å². The number of Topliss-reactive ketones (excluding diaryl/α,β-unsaturated/α-hetero) is 1. The van der Waals surface area contributed by atoms with Crippen LogP contribution in [-0.2, 0) is 0 Å². The van der Waals surface area contributed by atoms with Crippen molar-refractivity contribution < 1.29 is 14.3 Å². The summed E-state index contributed by atoms with van der Waals surface area (Å²) in [6.07, 6.45) is 6.89. The number of hydrogen-bond donors (Lipinski definition) is 0. The van der Waals surface area contributed by atoms with Gasteiger partial charge in [-0.2, -0.15) is 0 Å². The summed E-state index contributed by atoms with van der Waals surface area (Å²) < 4.78 is 11.2. The normalized spacial score (nSPS) is 19.8. The van der Waals surface area contributed by atoms with Crippen LogP contribution < -0.4 is 9.47 Å². The highest BCUT2D eigenvalue weighted by Gasteiger charge is 2.26. The van der Waals surface area contributed by atoms with E-state index in [0.717, 1.165) is 12.8 Å². The van der Waals surface area contributed by atoms with Gasteiger partial charge >= 0.3 is 0 Å². The third kappa shape index (κ3) is 2.60. The minimum atomic E-state index is 0.166. The van der Waals surface area contributed by atoms with Gasteiger partial charge in [0.25, 0.3) is 0 Å². The highest BCUT2D eigenvalue weighted by molar-refractivity contribution is 6.01. The van der Waals surface area contributed by atoms with E-state index in [-0.39, 0.29) is 11.7 Å². The second-order valence-electron chi connectivity index (χ2n) is 5.38. The van der Waals surface area contributed by atoms with Crippen LogP contribution in [0.25, 0.3) is 0 Å².